The normalized spacial score (nSPS) is 36.1. The number of rotatable bonds is 2. The van der Waals surface area contributed by atoms with E-state index in [0.29, 0.717) is 30.3 Å². The second-order valence-corrected chi connectivity index (χ2v) is 5.62. The lowest BCUT2D eigenvalue weighted by Gasteiger charge is -2.41. The van der Waals surface area contributed by atoms with Gasteiger partial charge >= 0.3 is 0 Å². The molecule has 1 N–H and O–H groups in total. The molecule has 1 aliphatic carbocycles. The van der Waals surface area contributed by atoms with Crippen LogP contribution in [0, 0.1) is 11.8 Å². The largest absolute Gasteiger partial charge is 0.323 e. The molecule has 16 heavy (non-hydrogen) atoms. The first-order chi connectivity index (χ1) is 7.61. The lowest BCUT2D eigenvalue weighted by molar-refractivity contribution is -0.132. The minimum Gasteiger partial charge on any atom is -0.323 e. The number of carbonyl (C=O) groups is 1. The van der Waals surface area contributed by atoms with Gasteiger partial charge in [-0.05, 0) is 31.6 Å². The second-order valence-electron chi connectivity index (χ2n) is 5.62. The molecule has 1 saturated heterocycles. The van der Waals surface area contributed by atoms with Crippen LogP contribution in [0.15, 0.2) is 0 Å². The number of carbonyl (C=O) groups excluding carboxylic acids is 1. The fourth-order valence-electron chi connectivity index (χ4n) is 3.38. The van der Waals surface area contributed by atoms with Gasteiger partial charge in [0.05, 0.1) is 12.7 Å². The van der Waals surface area contributed by atoms with E-state index < -0.39 is 0 Å². The summed E-state index contributed by atoms with van der Waals surface area (Å²) in [7, 11) is 0. The lowest BCUT2D eigenvalue weighted by Crippen LogP contribution is -2.49. The van der Waals surface area contributed by atoms with Crippen molar-refractivity contribution in [1.29, 1.82) is 0 Å². The Bertz CT molecular complexity index is 265. The van der Waals surface area contributed by atoms with Crippen molar-refractivity contribution in [2.45, 2.75) is 58.7 Å². The Morgan fingerprint density at radius 2 is 2.00 bits per heavy atom. The average Bonchev–Trinajstić information content (AvgIpc) is 2.58. The molecule has 3 atom stereocenters. The Balaban J connectivity index is 2.13. The first kappa shape index (κ1) is 11.9. The van der Waals surface area contributed by atoms with Crippen molar-refractivity contribution >= 4 is 5.91 Å². The summed E-state index contributed by atoms with van der Waals surface area (Å²) in [6.07, 6.45) is 5.34. The Morgan fingerprint density at radius 1 is 1.31 bits per heavy atom. The summed E-state index contributed by atoms with van der Waals surface area (Å²) in [6.45, 7) is 7.22. The fourth-order valence-corrected chi connectivity index (χ4v) is 3.38. The van der Waals surface area contributed by atoms with Crippen LogP contribution >= 0.6 is 0 Å². The summed E-state index contributed by atoms with van der Waals surface area (Å²) in [5.74, 6) is 1.68. The number of amides is 1. The van der Waals surface area contributed by atoms with Gasteiger partial charge in [-0.15, -0.1) is 0 Å². The van der Waals surface area contributed by atoms with E-state index in [9.17, 15) is 4.79 Å². The first-order valence-corrected chi connectivity index (χ1v) is 6.66. The van der Waals surface area contributed by atoms with Crippen molar-refractivity contribution in [3.8, 4) is 0 Å². The predicted octanol–water partition coefficient (Wildman–Crippen LogP) is 1.98. The van der Waals surface area contributed by atoms with E-state index in [0.717, 1.165) is 0 Å². The van der Waals surface area contributed by atoms with E-state index in [-0.39, 0.29) is 6.17 Å². The summed E-state index contributed by atoms with van der Waals surface area (Å²) in [5, 5.41) is 3.25. The topological polar surface area (TPSA) is 32.3 Å². The quantitative estimate of drug-likeness (QED) is 0.778. The lowest BCUT2D eigenvalue weighted by atomic mass is 9.77. The maximum absolute atomic E-state index is 11.9. The van der Waals surface area contributed by atoms with Gasteiger partial charge in [0.25, 0.3) is 0 Å². The molecule has 3 heteroatoms. The van der Waals surface area contributed by atoms with Gasteiger partial charge in [-0.1, -0.05) is 26.7 Å². The van der Waals surface area contributed by atoms with Gasteiger partial charge in [-0.2, -0.15) is 0 Å². The molecular weight excluding hydrogens is 200 g/mol. The molecule has 1 heterocycles. The third-order valence-corrected chi connectivity index (χ3v) is 4.25. The highest BCUT2D eigenvalue weighted by atomic mass is 16.2. The monoisotopic (exact) mass is 224 g/mol. The number of hydrogen-bond donors (Lipinski definition) is 1. The third-order valence-electron chi connectivity index (χ3n) is 4.25. The van der Waals surface area contributed by atoms with Crippen molar-refractivity contribution in [2.24, 2.45) is 11.8 Å². The maximum Gasteiger partial charge on any atom is 0.238 e. The number of hydrogen-bond acceptors (Lipinski definition) is 2. The van der Waals surface area contributed by atoms with Crippen LogP contribution in [0.3, 0.4) is 0 Å². The van der Waals surface area contributed by atoms with Gasteiger partial charge < -0.3 is 4.90 Å². The minimum atomic E-state index is 0.233. The molecule has 0 spiro atoms. The smallest absolute Gasteiger partial charge is 0.238 e. The van der Waals surface area contributed by atoms with Crippen LogP contribution in [0.25, 0.3) is 0 Å². The molecule has 3 nitrogen and oxygen atoms in total. The Kier molecular flexibility index (Phi) is 3.53. The molecule has 0 aromatic carbocycles. The summed E-state index contributed by atoms with van der Waals surface area (Å²) < 4.78 is 0. The zero-order chi connectivity index (χ0) is 11.7. The minimum absolute atomic E-state index is 0.233. The summed E-state index contributed by atoms with van der Waals surface area (Å²) in [5.41, 5.74) is 0. The van der Waals surface area contributed by atoms with Crippen molar-refractivity contribution < 1.29 is 4.79 Å². The van der Waals surface area contributed by atoms with E-state index >= 15 is 0 Å². The molecule has 92 valence electrons. The molecule has 3 unspecified atom stereocenters. The van der Waals surface area contributed by atoms with Gasteiger partial charge in [-0.25, -0.2) is 0 Å². The molecular formula is C13H24N2O. The van der Waals surface area contributed by atoms with Crippen LogP contribution in [-0.2, 0) is 4.79 Å². The molecule has 2 aliphatic rings. The molecule has 1 saturated carbocycles. The van der Waals surface area contributed by atoms with Gasteiger partial charge in [0.2, 0.25) is 5.91 Å². The van der Waals surface area contributed by atoms with Crippen molar-refractivity contribution in [2.75, 3.05) is 6.54 Å². The van der Waals surface area contributed by atoms with Crippen molar-refractivity contribution in [3.63, 3.8) is 0 Å². The first-order valence-electron chi connectivity index (χ1n) is 6.66. The average molecular weight is 224 g/mol. The molecule has 1 amide bonds. The second kappa shape index (κ2) is 4.74. The Morgan fingerprint density at radius 3 is 2.56 bits per heavy atom. The van der Waals surface area contributed by atoms with Crippen LogP contribution in [-0.4, -0.2) is 29.6 Å². The number of nitrogens with zero attached hydrogens (tertiary/aromatic N) is 1. The molecule has 0 aromatic heterocycles. The van der Waals surface area contributed by atoms with Gasteiger partial charge in [0.15, 0.2) is 0 Å². The molecule has 2 fully saturated rings. The van der Waals surface area contributed by atoms with Crippen molar-refractivity contribution in [3.05, 3.63) is 0 Å². The van der Waals surface area contributed by atoms with E-state index in [1.807, 2.05) is 0 Å². The molecule has 0 radical (unpaired) electrons. The summed E-state index contributed by atoms with van der Waals surface area (Å²) >= 11 is 0. The van der Waals surface area contributed by atoms with Crippen LogP contribution in [0.1, 0.15) is 46.5 Å². The molecule has 1 aliphatic heterocycles. The van der Waals surface area contributed by atoms with Gasteiger partial charge in [0, 0.05) is 6.04 Å². The molecule has 2 rings (SSSR count). The van der Waals surface area contributed by atoms with Crippen LogP contribution in [0.2, 0.25) is 0 Å². The summed E-state index contributed by atoms with van der Waals surface area (Å²) in [6, 6.07) is 0.478. The molecule has 0 aromatic rings. The zero-order valence-electron chi connectivity index (χ0n) is 10.7. The van der Waals surface area contributed by atoms with E-state index in [1.165, 1.54) is 25.7 Å². The van der Waals surface area contributed by atoms with Crippen LogP contribution in [0.4, 0.5) is 0 Å². The standard InChI is InChI=1S/C13H24N2O/c1-9(2)11-6-4-5-7-12(11)15-10(3)14-8-13(15)16/h9-12,14H,4-8H2,1-3H3. The van der Waals surface area contributed by atoms with E-state index in [2.05, 4.69) is 31.0 Å². The fraction of sp³-hybridized carbons (Fsp3) is 0.923. The molecule has 0 bridgehead atoms. The summed E-state index contributed by atoms with van der Waals surface area (Å²) in [4.78, 5) is 14.0. The highest BCUT2D eigenvalue weighted by Crippen LogP contribution is 2.34. The Hall–Kier alpha value is -0.570. The van der Waals surface area contributed by atoms with E-state index in [4.69, 9.17) is 0 Å². The SMILES string of the molecule is CC(C)C1CCCCC1N1C(=O)CNC1C. The highest BCUT2D eigenvalue weighted by Gasteiger charge is 2.39. The van der Waals surface area contributed by atoms with Gasteiger partial charge in [-0.3, -0.25) is 10.1 Å². The van der Waals surface area contributed by atoms with Crippen molar-refractivity contribution in [1.82, 2.24) is 10.2 Å². The highest BCUT2D eigenvalue weighted by molar-refractivity contribution is 5.81. The predicted molar refractivity (Wildman–Crippen MR) is 64.9 cm³/mol. The maximum atomic E-state index is 11.9. The number of nitrogens with one attached hydrogen (secondary N) is 1. The zero-order valence-corrected chi connectivity index (χ0v) is 10.7. The van der Waals surface area contributed by atoms with Crippen LogP contribution in [0.5, 0.6) is 0 Å². The third kappa shape index (κ3) is 2.10. The van der Waals surface area contributed by atoms with Gasteiger partial charge in [0.1, 0.15) is 0 Å². The Labute approximate surface area is 98.6 Å². The van der Waals surface area contributed by atoms with E-state index in [1.54, 1.807) is 0 Å². The van der Waals surface area contributed by atoms with Crippen LogP contribution < -0.4 is 5.32 Å².